The van der Waals surface area contributed by atoms with Gasteiger partial charge in [-0.15, -0.1) is 11.3 Å². The van der Waals surface area contributed by atoms with Crippen LogP contribution in [0.15, 0.2) is 109 Å². The fourth-order valence-corrected chi connectivity index (χ4v) is 14.9. The highest BCUT2D eigenvalue weighted by atomic mass is 32.1. The number of hydrogen-bond donors (Lipinski definition) is 0. The first-order valence-corrected chi connectivity index (χ1v) is 27.5. The molecule has 70 heavy (non-hydrogen) atoms. The van der Waals surface area contributed by atoms with Gasteiger partial charge in [-0.25, -0.2) is 0 Å². The summed E-state index contributed by atoms with van der Waals surface area (Å²) in [5, 5.41) is 1.43. The zero-order chi connectivity index (χ0) is 49.5. The molecule has 2 bridgehead atoms. The fraction of sp³-hybridized carbons (Fsp3) is 0.424. The fourth-order valence-electron chi connectivity index (χ4n) is 13.6. The van der Waals surface area contributed by atoms with Crippen molar-refractivity contribution in [2.24, 2.45) is 0 Å². The smallest absolute Gasteiger partial charge is 0.264 e. The minimum Gasteiger partial charge on any atom is -0.311 e. The Bertz CT molecular complexity index is 3300. The van der Waals surface area contributed by atoms with Gasteiger partial charge < -0.3 is 9.80 Å². The molecule has 0 amide bonds. The quantitative estimate of drug-likeness (QED) is 0.163. The van der Waals surface area contributed by atoms with Crippen molar-refractivity contribution in [1.29, 1.82) is 0 Å². The predicted molar refractivity (Wildman–Crippen MR) is 306 cm³/mol. The Balaban J connectivity index is 1.25. The van der Waals surface area contributed by atoms with Crippen molar-refractivity contribution < 1.29 is 0 Å². The van der Waals surface area contributed by atoms with Crippen LogP contribution in [0.2, 0.25) is 0 Å². The molecule has 358 valence electrons. The van der Waals surface area contributed by atoms with E-state index in [1.165, 1.54) is 137 Å². The summed E-state index contributed by atoms with van der Waals surface area (Å²) in [6.45, 7) is 36.5. The maximum Gasteiger partial charge on any atom is 0.264 e. The Kier molecular flexibility index (Phi) is 9.72. The topological polar surface area (TPSA) is 6.48 Å². The summed E-state index contributed by atoms with van der Waals surface area (Å²) in [6, 6.07) is 44.3. The number of anilines is 6. The van der Waals surface area contributed by atoms with Crippen LogP contribution in [0.25, 0.3) is 21.2 Å². The van der Waals surface area contributed by atoms with Crippen LogP contribution in [-0.2, 0) is 37.9 Å². The third kappa shape index (κ3) is 6.77. The lowest BCUT2D eigenvalue weighted by atomic mass is 9.35. The first kappa shape index (κ1) is 46.0. The molecule has 0 N–H and O–H groups in total. The van der Waals surface area contributed by atoms with Gasteiger partial charge in [-0.05, 0) is 186 Å². The zero-order valence-electron chi connectivity index (χ0n) is 45.0. The molecule has 6 aliphatic rings. The normalized spacial score (nSPS) is 21.8. The predicted octanol–water partition coefficient (Wildman–Crippen LogP) is 17.0. The monoisotopic (exact) mass is 939 g/mol. The molecule has 4 aliphatic carbocycles. The first-order chi connectivity index (χ1) is 32.8. The van der Waals surface area contributed by atoms with Crippen molar-refractivity contribution in [3.63, 3.8) is 0 Å². The molecule has 0 saturated heterocycles. The summed E-state index contributed by atoms with van der Waals surface area (Å²) in [7, 11) is 0. The summed E-state index contributed by atoms with van der Waals surface area (Å²) < 4.78 is 2.92. The first-order valence-electron chi connectivity index (χ1n) is 26.7. The molecule has 3 heterocycles. The summed E-state index contributed by atoms with van der Waals surface area (Å²) in [6.07, 6.45) is 7.48. The number of nitrogens with zero attached hydrogens (tertiary/aromatic N) is 2. The second-order valence-electron chi connectivity index (χ2n) is 27.5. The van der Waals surface area contributed by atoms with Gasteiger partial charge in [-0.2, -0.15) is 0 Å². The van der Waals surface area contributed by atoms with Gasteiger partial charge in [0.2, 0.25) is 0 Å². The van der Waals surface area contributed by atoms with Gasteiger partial charge in [0.25, 0.3) is 6.71 Å². The van der Waals surface area contributed by atoms with Gasteiger partial charge in [0.15, 0.2) is 0 Å². The molecule has 1 saturated carbocycles. The molecular formula is C66H75BN2S. The van der Waals surface area contributed by atoms with E-state index in [0.717, 1.165) is 0 Å². The number of rotatable bonds is 3. The van der Waals surface area contributed by atoms with E-state index < -0.39 is 0 Å². The molecule has 1 fully saturated rings. The molecule has 4 heteroatoms. The van der Waals surface area contributed by atoms with E-state index in [4.69, 9.17) is 0 Å². The van der Waals surface area contributed by atoms with Gasteiger partial charge in [0, 0.05) is 43.2 Å². The molecule has 7 aromatic rings. The van der Waals surface area contributed by atoms with Gasteiger partial charge in [0.05, 0.1) is 11.4 Å². The van der Waals surface area contributed by atoms with Crippen LogP contribution < -0.4 is 25.5 Å². The number of thiophene rings is 1. The van der Waals surface area contributed by atoms with E-state index in [-0.39, 0.29) is 44.6 Å². The average Bonchev–Trinajstić information content (AvgIpc) is 3.68. The van der Waals surface area contributed by atoms with Crippen LogP contribution in [-0.4, -0.2) is 6.71 Å². The molecule has 1 aromatic heterocycles. The van der Waals surface area contributed by atoms with Crippen LogP contribution in [0.3, 0.4) is 0 Å². The standard InChI is InChI=1S/C66H75BN2S/c1-60(2,3)41-21-24-44(25-22-41)68-54-34-43(62(7,8)9)35-55-57(54)67(59-58(68)46-36-49-50(39-56(46)70-59)66(15)31-29-65(49,14)30-32-66)51-37-47-48(64(12,13)28-27-63(47,10)11)38-53(51)69(55)52-26-23-42(61(4,5)6)33-45(52)40-19-17-16-18-20-40/h16-26,33-39H,27-32H2,1-15H3. The Morgan fingerprint density at radius 3 is 1.60 bits per heavy atom. The molecule has 13 rings (SSSR count). The highest BCUT2D eigenvalue weighted by Crippen LogP contribution is 2.59. The van der Waals surface area contributed by atoms with Gasteiger partial charge in [-0.3, -0.25) is 0 Å². The van der Waals surface area contributed by atoms with E-state index in [1.807, 2.05) is 0 Å². The van der Waals surface area contributed by atoms with Crippen molar-refractivity contribution >= 4 is 78.0 Å². The lowest BCUT2D eigenvalue weighted by Gasteiger charge is -2.52. The minimum absolute atomic E-state index is 0.0127. The third-order valence-electron chi connectivity index (χ3n) is 18.6. The maximum absolute atomic E-state index is 2.74. The Morgan fingerprint density at radius 1 is 0.471 bits per heavy atom. The number of fused-ring (bicyclic) bond motifs is 9. The average molecular weight is 939 g/mol. The largest absolute Gasteiger partial charge is 0.311 e. The Labute approximate surface area is 425 Å². The summed E-state index contributed by atoms with van der Waals surface area (Å²) in [5.41, 5.74) is 24.0. The lowest BCUT2D eigenvalue weighted by molar-refractivity contribution is 0.188. The summed E-state index contributed by atoms with van der Waals surface area (Å²) in [5.74, 6) is 0. The van der Waals surface area contributed by atoms with Crippen molar-refractivity contribution in [2.75, 3.05) is 9.80 Å². The van der Waals surface area contributed by atoms with Crippen molar-refractivity contribution in [2.45, 2.75) is 180 Å². The second-order valence-corrected chi connectivity index (χ2v) is 28.6. The molecule has 2 aliphatic heterocycles. The number of hydrogen-bond acceptors (Lipinski definition) is 3. The summed E-state index contributed by atoms with van der Waals surface area (Å²) in [4.78, 5) is 5.47. The molecule has 0 spiro atoms. The van der Waals surface area contributed by atoms with Crippen LogP contribution in [0.1, 0.15) is 181 Å². The van der Waals surface area contributed by atoms with Crippen LogP contribution in [0.5, 0.6) is 0 Å². The maximum atomic E-state index is 2.74. The SMILES string of the molecule is CC(C)(C)c1ccc(N2c3cc(C(C)(C)C)cc4c3B(c3cc5c(cc3N4c3ccc(C(C)(C)C)cc3-c3ccccc3)C(C)(C)CCC5(C)C)c3sc4cc5c(cc4c32)C2(C)CCC5(C)CC2)cc1. The molecular weight excluding hydrogens is 864 g/mol. The van der Waals surface area contributed by atoms with E-state index in [0.29, 0.717) is 0 Å². The number of benzene rings is 6. The third-order valence-corrected chi connectivity index (χ3v) is 19.8. The molecule has 0 atom stereocenters. The van der Waals surface area contributed by atoms with E-state index in [2.05, 4.69) is 234 Å². The van der Waals surface area contributed by atoms with Gasteiger partial charge >= 0.3 is 0 Å². The molecule has 0 radical (unpaired) electrons. The van der Waals surface area contributed by atoms with Crippen LogP contribution >= 0.6 is 11.3 Å². The molecule has 2 nitrogen and oxygen atoms in total. The Morgan fingerprint density at radius 2 is 1.01 bits per heavy atom. The highest BCUT2D eigenvalue weighted by Gasteiger charge is 2.51. The van der Waals surface area contributed by atoms with Crippen LogP contribution in [0.4, 0.5) is 34.1 Å². The van der Waals surface area contributed by atoms with Gasteiger partial charge in [-0.1, -0.05) is 158 Å². The van der Waals surface area contributed by atoms with Crippen LogP contribution in [0, 0.1) is 0 Å². The second kappa shape index (κ2) is 14.8. The summed E-state index contributed by atoms with van der Waals surface area (Å²) >= 11 is 2.09. The van der Waals surface area contributed by atoms with Crippen molar-refractivity contribution in [3.05, 3.63) is 148 Å². The minimum atomic E-state index is -0.117. The van der Waals surface area contributed by atoms with Crippen molar-refractivity contribution in [1.82, 2.24) is 0 Å². The highest BCUT2D eigenvalue weighted by molar-refractivity contribution is 7.33. The Hall–Kier alpha value is -5.06. The lowest BCUT2D eigenvalue weighted by Crippen LogP contribution is -2.61. The van der Waals surface area contributed by atoms with Gasteiger partial charge in [0.1, 0.15) is 0 Å². The molecule has 0 unspecified atom stereocenters. The van der Waals surface area contributed by atoms with E-state index in [1.54, 1.807) is 11.1 Å². The van der Waals surface area contributed by atoms with E-state index >= 15 is 0 Å². The zero-order valence-corrected chi connectivity index (χ0v) is 45.8. The molecule has 6 aromatic carbocycles. The van der Waals surface area contributed by atoms with Crippen molar-refractivity contribution in [3.8, 4) is 11.1 Å². The van der Waals surface area contributed by atoms with E-state index in [9.17, 15) is 0 Å².